The zero-order chi connectivity index (χ0) is 2.71. The van der Waals surface area contributed by atoms with E-state index < -0.39 is 0 Å². The van der Waals surface area contributed by atoms with Crippen molar-refractivity contribution in [1.82, 2.24) is 0 Å². The molecule has 0 unspecified atom stereocenters. The van der Waals surface area contributed by atoms with Gasteiger partial charge in [-0.1, -0.05) is 6.92 Å². The SMILES string of the molecule is CCN.[AlH3]. The fourth-order valence-corrected chi connectivity index (χ4v) is 0. The maximum Gasteiger partial charge on any atom is 0.187 e. The average Bonchev–Trinajstić information content (AvgIpc) is 0.918. The minimum Gasteiger partial charge on any atom is -0.331 e. The van der Waals surface area contributed by atoms with Gasteiger partial charge in [-0.25, -0.2) is 0 Å². The summed E-state index contributed by atoms with van der Waals surface area (Å²) >= 11 is 0. The first-order valence-corrected chi connectivity index (χ1v) is 1.12. The summed E-state index contributed by atoms with van der Waals surface area (Å²) in [6.07, 6.45) is 0. The van der Waals surface area contributed by atoms with E-state index in [1.54, 1.807) is 0 Å². The first-order chi connectivity index (χ1) is 1.41. The molecule has 2 N–H and O–H groups in total. The van der Waals surface area contributed by atoms with Crippen LogP contribution in [-0.4, -0.2) is 23.9 Å². The molecule has 0 saturated carbocycles. The van der Waals surface area contributed by atoms with Crippen molar-refractivity contribution in [2.45, 2.75) is 6.92 Å². The molecular weight excluding hydrogens is 65.0 g/mol. The predicted octanol–water partition coefficient (Wildman–Crippen LogP) is -1.22. The second-order valence-corrected chi connectivity index (χ2v) is 0.408. The number of rotatable bonds is 0. The van der Waals surface area contributed by atoms with E-state index in [0.29, 0.717) is 0 Å². The molecule has 0 fully saturated rings. The van der Waals surface area contributed by atoms with Gasteiger partial charge in [0, 0.05) is 0 Å². The second-order valence-electron chi connectivity index (χ2n) is 0.408. The highest BCUT2D eigenvalue weighted by atomic mass is 27.0. The molecule has 0 aliphatic heterocycles. The zero-order valence-electron chi connectivity index (χ0n) is 2.28. The van der Waals surface area contributed by atoms with Crippen LogP contribution in [0.3, 0.4) is 0 Å². The van der Waals surface area contributed by atoms with Crippen LogP contribution in [0.2, 0.25) is 0 Å². The molecule has 0 amide bonds. The quantitative estimate of drug-likeness (QED) is 0.359. The van der Waals surface area contributed by atoms with Crippen LogP contribution in [0.25, 0.3) is 0 Å². The summed E-state index contributed by atoms with van der Waals surface area (Å²) in [4.78, 5) is 0. The third kappa shape index (κ3) is 22.9. The molecule has 0 aromatic rings. The smallest absolute Gasteiger partial charge is 0.187 e. The van der Waals surface area contributed by atoms with E-state index >= 15 is 0 Å². The monoisotopic (exact) mass is 75.1 g/mol. The average molecular weight is 75.1 g/mol. The van der Waals surface area contributed by atoms with Crippen molar-refractivity contribution in [3.8, 4) is 0 Å². The largest absolute Gasteiger partial charge is 0.331 e. The summed E-state index contributed by atoms with van der Waals surface area (Å²) in [7, 11) is 0. The van der Waals surface area contributed by atoms with Gasteiger partial charge in [0.25, 0.3) is 0 Å². The lowest BCUT2D eigenvalue weighted by atomic mass is 10.8. The normalized spacial score (nSPS) is 4.50. The Morgan fingerprint density at radius 1 is 1.75 bits per heavy atom. The van der Waals surface area contributed by atoms with Crippen LogP contribution in [0.15, 0.2) is 0 Å². The van der Waals surface area contributed by atoms with Crippen molar-refractivity contribution in [1.29, 1.82) is 0 Å². The highest BCUT2D eigenvalue weighted by Gasteiger charge is 1.32. The van der Waals surface area contributed by atoms with Crippen LogP contribution in [0.1, 0.15) is 6.92 Å². The van der Waals surface area contributed by atoms with Crippen molar-refractivity contribution < 1.29 is 0 Å². The molecule has 0 aromatic carbocycles. The molecule has 1 nitrogen and oxygen atoms in total. The van der Waals surface area contributed by atoms with Crippen LogP contribution >= 0.6 is 0 Å². The summed E-state index contributed by atoms with van der Waals surface area (Å²) in [5.41, 5.74) is 4.85. The van der Waals surface area contributed by atoms with Crippen LogP contribution in [0.5, 0.6) is 0 Å². The minimum absolute atomic E-state index is 0. The van der Waals surface area contributed by atoms with Crippen molar-refractivity contribution >= 4 is 17.4 Å². The standard InChI is InChI=1S/C2H7N.Al.3H/c1-2-3;;;;/h2-3H2,1H3;;;;. The van der Waals surface area contributed by atoms with Crippen molar-refractivity contribution in [2.24, 2.45) is 5.73 Å². The van der Waals surface area contributed by atoms with Crippen molar-refractivity contribution in [3.05, 3.63) is 0 Å². The Labute approximate surface area is 37.3 Å². The molecule has 0 aromatic heterocycles. The Kier molecular flexibility index (Phi) is 21.5. The maximum atomic E-state index is 4.85. The highest BCUT2D eigenvalue weighted by Crippen LogP contribution is 1.20. The van der Waals surface area contributed by atoms with Crippen molar-refractivity contribution in [3.63, 3.8) is 0 Å². The number of hydrogen-bond donors (Lipinski definition) is 1. The van der Waals surface area contributed by atoms with E-state index in [1.807, 2.05) is 6.92 Å². The molecule has 0 heterocycles. The van der Waals surface area contributed by atoms with Gasteiger partial charge in [-0.2, -0.15) is 0 Å². The third-order valence-corrected chi connectivity index (χ3v) is 0. The van der Waals surface area contributed by atoms with Gasteiger partial charge in [0.1, 0.15) is 0 Å². The van der Waals surface area contributed by atoms with Gasteiger partial charge in [-0.3, -0.25) is 0 Å². The van der Waals surface area contributed by atoms with E-state index in [-0.39, 0.29) is 17.4 Å². The molecule has 0 aliphatic rings. The predicted molar refractivity (Wildman–Crippen MR) is 24.7 cm³/mol. The Hall–Kier alpha value is 0.492. The molecule has 0 bridgehead atoms. The lowest BCUT2D eigenvalue weighted by Crippen LogP contribution is -1.87. The fraction of sp³-hybridized carbons (Fsp3) is 1.00. The van der Waals surface area contributed by atoms with Gasteiger partial charge in [0.2, 0.25) is 0 Å². The van der Waals surface area contributed by atoms with Gasteiger partial charge in [-0.15, -0.1) is 0 Å². The van der Waals surface area contributed by atoms with E-state index in [4.69, 9.17) is 5.73 Å². The summed E-state index contributed by atoms with van der Waals surface area (Å²) in [6.45, 7) is 2.65. The lowest BCUT2D eigenvalue weighted by molar-refractivity contribution is 1.14. The topological polar surface area (TPSA) is 26.0 Å². The lowest BCUT2D eigenvalue weighted by Gasteiger charge is -1.53. The summed E-state index contributed by atoms with van der Waals surface area (Å²) < 4.78 is 0. The van der Waals surface area contributed by atoms with Crippen LogP contribution in [-0.2, 0) is 0 Å². The molecule has 0 aliphatic carbocycles. The van der Waals surface area contributed by atoms with Crippen LogP contribution in [0, 0.1) is 0 Å². The van der Waals surface area contributed by atoms with Crippen molar-refractivity contribution in [2.75, 3.05) is 6.54 Å². The Balaban J connectivity index is 0. The van der Waals surface area contributed by atoms with E-state index in [9.17, 15) is 0 Å². The summed E-state index contributed by atoms with van der Waals surface area (Å²) in [6, 6.07) is 0. The summed E-state index contributed by atoms with van der Waals surface area (Å²) in [5.74, 6) is 0. The molecule has 0 spiro atoms. The molecule has 0 rings (SSSR count). The Morgan fingerprint density at radius 3 is 1.75 bits per heavy atom. The van der Waals surface area contributed by atoms with Crippen LogP contribution < -0.4 is 5.73 Å². The third-order valence-electron chi connectivity index (χ3n) is 0. The molecule has 0 saturated heterocycles. The van der Waals surface area contributed by atoms with Crippen LogP contribution in [0.4, 0.5) is 0 Å². The number of nitrogens with two attached hydrogens (primary N) is 1. The first-order valence-electron chi connectivity index (χ1n) is 1.12. The van der Waals surface area contributed by atoms with Gasteiger partial charge in [0.15, 0.2) is 17.4 Å². The Bertz CT molecular complexity index is 6.00. The van der Waals surface area contributed by atoms with E-state index in [2.05, 4.69) is 0 Å². The molecule has 0 radical (unpaired) electrons. The molecule has 26 valence electrons. The zero-order valence-corrected chi connectivity index (χ0v) is 2.28. The first kappa shape index (κ1) is 8.82. The van der Waals surface area contributed by atoms with Gasteiger partial charge in [-0.05, 0) is 6.54 Å². The summed E-state index contributed by atoms with van der Waals surface area (Å²) in [5, 5.41) is 0. The highest BCUT2D eigenvalue weighted by molar-refractivity contribution is 5.75. The van der Waals surface area contributed by atoms with E-state index in [1.165, 1.54) is 0 Å². The van der Waals surface area contributed by atoms with Gasteiger partial charge < -0.3 is 5.73 Å². The Morgan fingerprint density at radius 2 is 1.75 bits per heavy atom. The number of hydrogen-bond acceptors (Lipinski definition) is 1. The molecular formula is C2H10AlN. The maximum absolute atomic E-state index is 4.85. The molecule has 2 heteroatoms. The van der Waals surface area contributed by atoms with Gasteiger partial charge in [0.05, 0.1) is 0 Å². The minimum atomic E-state index is 0. The fourth-order valence-electron chi connectivity index (χ4n) is 0. The molecule has 4 heavy (non-hydrogen) atoms. The molecule has 0 atom stereocenters. The van der Waals surface area contributed by atoms with Gasteiger partial charge >= 0.3 is 0 Å². The van der Waals surface area contributed by atoms with E-state index in [0.717, 1.165) is 6.54 Å². The second kappa shape index (κ2) is 9.74.